The summed E-state index contributed by atoms with van der Waals surface area (Å²) in [5.74, 6) is -0.388. The Morgan fingerprint density at radius 1 is 0.938 bits per heavy atom. The van der Waals surface area contributed by atoms with Crippen molar-refractivity contribution in [3.05, 3.63) is 94.1 Å². The number of amides is 2. The van der Waals surface area contributed by atoms with Crippen LogP contribution in [0, 0.1) is 13.8 Å². The van der Waals surface area contributed by atoms with Crippen LogP contribution in [0.25, 0.3) is 5.57 Å². The Kier molecular flexibility index (Phi) is 6.01. The molecule has 1 N–H and O–H groups in total. The third-order valence-corrected chi connectivity index (χ3v) is 5.68. The van der Waals surface area contributed by atoms with Gasteiger partial charge in [-0.05, 0) is 56.2 Å². The number of ether oxygens (including phenoxy) is 1. The van der Waals surface area contributed by atoms with Gasteiger partial charge in [0.05, 0.1) is 17.9 Å². The monoisotopic (exact) mass is 446 g/mol. The standard InChI is InChI=1S/C26H23ClN2O3/c1-4-32-22-8-6-5-7-21(22)29-25(30)23(18-12-9-16(2)10-13-18)24(26(29)31)28-19-14-11-17(3)20(27)15-19/h5-15,28H,4H2,1-3H3. The minimum absolute atomic E-state index is 0.199. The van der Waals surface area contributed by atoms with E-state index < -0.39 is 11.8 Å². The molecule has 0 fully saturated rings. The van der Waals surface area contributed by atoms with Gasteiger partial charge in [-0.25, -0.2) is 4.90 Å². The Balaban J connectivity index is 1.83. The van der Waals surface area contributed by atoms with E-state index in [2.05, 4.69) is 5.32 Å². The number of carbonyl (C=O) groups is 2. The molecule has 1 aliphatic rings. The predicted octanol–water partition coefficient (Wildman–Crippen LogP) is 5.75. The van der Waals surface area contributed by atoms with Gasteiger partial charge >= 0.3 is 0 Å². The number of rotatable bonds is 6. The van der Waals surface area contributed by atoms with Crippen LogP contribution in [0.1, 0.15) is 23.6 Å². The molecular formula is C26H23ClN2O3. The van der Waals surface area contributed by atoms with Crippen molar-refractivity contribution < 1.29 is 14.3 Å². The Hall–Kier alpha value is -3.57. The van der Waals surface area contributed by atoms with Gasteiger partial charge in [0.25, 0.3) is 11.8 Å². The Morgan fingerprint density at radius 3 is 2.34 bits per heavy atom. The van der Waals surface area contributed by atoms with Crippen LogP contribution in [0.2, 0.25) is 5.02 Å². The van der Waals surface area contributed by atoms with E-state index in [0.717, 1.165) is 16.0 Å². The Labute approximate surface area is 192 Å². The summed E-state index contributed by atoms with van der Waals surface area (Å²) in [6.07, 6.45) is 0. The van der Waals surface area contributed by atoms with Crippen LogP contribution in [0.15, 0.2) is 72.4 Å². The topological polar surface area (TPSA) is 58.6 Å². The first-order chi connectivity index (χ1) is 15.4. The number of carbonyl (C=O) groups excluding carboxylic acids is 2. The third-order valence-electron chi connectivity index (χ3n) is 5.27. The molecule has 162 valence electrons. The van der Waals surface area contributed by atoms with Crippen molar-refractivity contribution in [3.63, 3.8) is 0 Å². The number of para-hydroxylation sites is 2. The van der Waals surface area contributed by atoms with Gasteiger partial charge in [-0.2, -0.15) is 0 Å². The van der Waals surface area contributed by atoms with Gasteiger partial charge < -0.3 is 10.1 Å². The molecule has 0 unspecified atom stereocenters. The van der Waals surface area contributed by atoms with Crippen molar-refractivity contribution in [1.29, 1.82) is 0 Å². The number of imide groups is 1. The van der Waals surface area contributed by atoms with Crippen LogP contribution in [-0.2, 0) is 9.59 Å². The molecule has 2 amide bonds. The molecule has 4 rings (SSSR count). The zero-order valence-corrected chi connectivity index (χ0v) is 18.9. The second-order valence-corrected chi connectivity index (χ2v) is 7.96. The molecule has 3 aromatic rings. The lowest BCUT2D eigenvalue weighted by Gasteiger charge is -2.19. The fourth-order valence-electron chi connectivity index (χ4n) is 3.59. The molecule has 6 heteroatoms. The summed E-state index contributed by atoms with van der Waals surface area (Å²) >= 11 is 6.28. The number of halogens is 1. The van der Waals surface area contributed by atoms with E-state index in [1.807, 2.05) is 57.2 Å². The van der Waals surface area contributed by atoms with Crippen LogP contribution in [0.5, 0.6) is 5.75 Å². The minimum atomic E-state index is -0.450. The van der Waals surface area contributed by atoms with E-state index in [4.69, 9.17) is 16.3 Å². The van der Waals surface area contributed by atoms with Crippen molar-refractivity contribution in [1.82, 2.24) is 0 Å². The maximum Gasteiger partial charge on any atom is 0.282 e. The number of anilines is 2. The quantitative estimate of drug-likeness (QED) is 0.489. The maximum atomic E-state index is 13.6. The van der Waals surface area contributed by atoms with Crippen molar-refractivity contribution >= 4 is 40.4 Å². The predicted molar refractivity (Wildman–Crippen MR) is 128 cm³/mol. The van der Waals surface area contributed by atoms with Crippen LogP contribution in [-0.4, -0.2) is 18.4 Å². The number of benzene rings is 3. The van der Waals surface area contributed by atoms with Crippen molar-refractivity contribution in [2.75, 3.05) is 16.8 Å². The summed E-state index contributed by atoms with van der Waals surface area (Å²) in [4.78, 5) is 28.3. The lowest BCUT2D eigenvalue weighted by Crippen LogP contribution is -2.32. The smallest absolute Gasteiger partial charge is 0.282 e. The van der Waals surface area contributed by atoms with E-state index in [1.165, 1.54) is 0 Å². The summed E-state index contributed by atoms with van der Waals surface area (Å²) in [6.45, 7) is 6.14. The van der Waals surface area contributed by atoms with Crippen molar-refractivity contribution in [2.45, 2.75) is 20.8 Å². The molecule has 3 aromatic carbocycles. The molecule has 5 nitrogen and oxygen atoms in total. The summed E-state index contributed by atoms with van der Waals surface area (Å²) in [5, 5.41) is 3.72. The van der Waals surface area contributed by atoms with Gasteiger partial charge in [0, 0.05) is 10.7 Å². The number of hydrogen-bond acceptors (Lipinski definition) is 4. The molecule has 0 spiro atoms. The lowest BCUT2D eigenvalue weighted by molar-refractivity contribution is -0.120. The first kappa shape index (κ1) is 21.7. The molecule has 0 radical (unpaired) electrons. The largest absolute Gasteiger partial charge is 0.492 e. The van der Waals surface area contributed by atoms with Gasteiger partial charge in [-0.15, -0.1) is 0 Å². The molecule has 0 saturated heterocycles. The highest BCUT2D eigenvalue weighted by atomic mass is 35.5. The average molecular weight is 447 g/mol. The molecule has 1 aliphatic heterocycles. The molecular weight excluding hydrogens is 424 g/mol. The Morgan fingerprint density at radius 2 is 1.66 bits per heavy atom. The fourth-order valence-corrected chi connectivity index (χ4v) is 3.77. The highest BCUT2D eigenvalue weighted by Crippen LogP contribution is 2.38. The molecule has 0 saturated carbocycles. The van der Waals surface area contributed by atoms with Crippen LogP contribution in [0.4, 0.5) is 11.4 Å². The zero-order chi connectivity index (χ0) is 22.8. The maximum absolute atomic E-state index is 13.6. The Bertz CT molecular complexity index is 1230. The van der Waals surface area contributed by atoms with Gasteiger partial charge in [-0.3, -0.25) is 9.59 Å². The summed E-state index contributed by atoms with van der Waals surface area (Å²) in [7, 11) is 0. The molecule has 0 aromatic heterocycles. The van der Waals surface area contributed by atoms with E-state index in [1.54, 1.807) is 30.3 Å². The van der Waals surface area contributed by atoms with Gasteiger partial charge in [0.15, 0.2) is 0 Å². The van der Waals surface area contributed by atoms with Gasteiger partial charge in [0.2, 0.25) is 0 Å². The van der Waals surface area contributed by atoms with Crippen molar-refractivity contribution in [2.24, 2.45) is 0 Å². The zero-order valence-electron chi connectivity index (χ0n) is 18.1. The summed E-state index contributed by atoms with van der Waals surface area (Å²) in [6, 6.07) is 20.0. The van der Waals surface area contributed by atoms with E-state index in [9.17, 15) is 9.59 Å². The van der Waals surface area contributed by atoms with Crippen LogP contribution < -0.4 is 15.0 Å². The van der Waals surface area contributed by atoms with E-state index in [-0.39, 0.29) is 5.70 Å². The summed E-state index contributed by atoms with van der Waals surface area (Å²) < 4.78 is 5.68. The average Bonchev–Trinajstić information content (AvgIpc) is 3.01. The van der Waals surface area contributed by atoms with E-state index >= 15 is 0 Å². The van der Waals surface area contributed by atoms with E-state index in [0.29, 0.717) is 39.9 Å². The second kappa shape index (κ2) is 8.89. The first-order valence-electron chi connectivity index (χ1n) is 10.4. The minimum Gasteiger partial charge on any atom is -0.492 e. The first-order valence-corrected chi connectivity index (χ1v) is 10.7. The second-order valence-electron chi connectivity index (χ2n) is 7.55. The lowest BCUT2D eigenvalue weighted by atomic mass is 10.0. The highest BCUT2D eigenvalue weighted by molar-refractivity contribution is 6.46. The molecule has 1 heterocycles. The SMILES string of the molecule is CCOc1ccccc1N1C(=O)C(Nc2ccc(C)c(Cl)c2)=C(c2ccc(C)cc2)C1=O. The van der Waals surface area contributed by atoms with Gasteiger partial charge in [-0.1, -0.05) is 59.6 Å². The van der Waals surface area contributed by atoms with Crippen LogP contribution >= 0.6 is 11.6 Å². The number of hydrogen-bond donors (Lipinski definition) is 1. The third kappa shape index (κ3) is 3.99. The highest BCUT2D eigenvalue weighted by Gasteiger charge is 2.41. The number of nitrogens with one attached hydrogen (secondary N) is 1. The molecule has 0 atom stereocenters. The van der Waals surface area contributed by atoms with Crippen LogP contribution in [0.3, 0.4) is 0 Å². The molecule has 0 bridgehead atoms. The van der Waals surface area contributed by atoms with Crippen molar-refractivity contribution in [3.8, 4) is 5.75 Å². The number of aryl methyl sites for hydroxylation is 2. The molecule has 32 heavy (non-hydrogen) atoms. The summed E-state index contributed by atoms with van der Waals surface area (Å²) in [5.41, 5.74) is 4.18. The number of nitrogens with zero attached hydrogens (tertiary/aromatic N) is 1. The fraction of sp³-hybridized carbons (Fsp3) is 0.154. The normalized spacial score (nSPS) is 13.7. The van der Waals surface area contributed by atoms with Gasteiger partial charge in [0.1, 0.15) is 11.4 Å². The molecule has 0 aliphatic carbocycles.